The number of nitrogens with one attached hydrogen (secondary N) is 1. The summed E-state index contributed by atoms with van der Waals surface area (Å²) in [5.41, 5.74) is 3.75. The molecule has 0 amide bonds. The highest BCUT2D eigenvalue weighted by Gasteiger charge is 2.31. The van der Waals surface area contributed by atoms with E-state index in [4.69, 9.17) is 0 Å². The van der Waals surface area contributed by atoms with Crippen LogP contribution in [0.3, 0.4) is 0 Å². The minimum absolute atomic E-state index is 0.113. The lowest BCUT2D eigenvalue weighted by atomic mass is 10.2. The molecule has 2 heterocycles. The van der Waals surface area contributed by atoms with Crippen LogP contribution < -0.4 is 0 Å². The Kier molecular flexibility index (Phi) is 4.21. The van der Waals surface area contributed by atoms with Gasteiger partial charge in [-0.1, -0.05) is 30.0 Å². The predicted molar refractivity (Wildman–Crippen MR) is 98.7 cm³/mol. The maximum absolute atomic E-state index is 12.6. The van der Waals surface area contributed by atoms with Gasteiger partial charge in [0.2, 0.25) is 0 Å². The highest BCUT2D eigenvalue weighted by atomic mass is 32.2. The number of rotatable bonds is 6. The third-order valence-electron chi connectivity index (χ3n) is 4.40. The smallest absolute Gasteiger partial charge is 0.196 e. The molecule has 4 rings (SSSR count). The third kappa shape index (κ3) is 3.26. The summed E-state index contributed by atoms with van der Waals surface area (Å²) in [6.07, 6.45) is 2.33. The second-order valence-electron chi connectivity index (χ2n) is 6.49. The SMILES string of the molecule is Cc1cc(C(=O)CSc2nnc(C3CC3)n2-c2ccccc2)c(C)[nH]1. The van der Waals surface area contributed by atoms with Crippen molar-refractivity contribution in [1.29, 1.82) is 0 Å². The van der Waals surface area contributed by atoms with Crippen LogP contribution in [0.5, 0.6) is 0 Å². The molecule has 3 aromatic rings. The first-order valence-electron chi connectivity index (χ1n) is 8.46. The molecule has 0 saturated heterocycles. The van der Waals surface area contributed by atoms with Crippen LogP contribution in [0.15, 0.2) is 41.6 Å². The van der Waals surface area contributed by atoms with E-state index in [1.807, 2.05) is 38.1 Å². The zero-order valence-corrected chi connectivity index (χ0v) is 15.1. The topological polar surface area (TPSA) is 63.6 Å². The molecule has 0 unspecified atom stereocenters. The Balaban J connectivity index is 1.59. The molecule has 1 saturated carbocycles. The molecule has 1 aliphatic carbocycles. The first-order chi connectivity index (χ1) is 12.1. The molecule has 2 aromatic heterocycles. The number of ketones is 1. The van der Waals surface area contributed by atoms with E-state index in [0.717, 1.165) is 46.5 Å². The number of benzene rings is 1. The Hall–Kier alpha value is -2.34. The van der Waals surface area contributed by atoms with Gasteiger partial charge in [0.25, 0.3) is 0 Å². The van der Waals surface area contributed by atoms with E-state index in [9.17, 15) is 4.79 Å². The van der Waals surface area contributed by atoms with Gasteiger partial charge in [0.1, 0.15) is 5.82 Å². The Morgan fingerprint density at radius 3 is 2.64 bits per heavy atom. The maximum Gasteiger partial charge on any atom is 0.196 e. The quantitative estimate of drug-likeness (QED) is 0.537. The van der Waals surface area contributed by atoms with Crippen LogP contribution in [-0.2, 0) is 0 Å². The van der Waals surface area contributed by atoms with Crippen LogP contribution in [0.2, 0.25) is 0 Å². The monoisotopic (exact) mass is 352 g/mol. The van der Waals surface area contributed by atoms with Gasteiger partial charge < -0.3 is 4.98 Å². The van der Waals surface area contributed by atoms with E-state index in [1.165, 1.54) is 11.8 Å². The molecule has 1 N–H and O–H groups in total. The second kappa shape index (κ2) is 6.52. The zero-order chi connectivity index (χ0) is 17.4. The van der Waals surface area contributed by atoms with Gasteiger partial charge in [-0.25, -0.2) is 0 Å². The normalized spacial score (nSPS) is 14.0. The third-order valence-corrected chi connectivity index (χ3v) is 5.33. The number of carbonyl (C=O) groups excluding carboxylic acids is 1. The average Bonchev–Trinajstić information content (AvgIpc) is 3.28. The molecule has 25 heavy (non-hydrogen) atoms. The summed E-state index contributed by atoms with van der Waals surface area (Å²) >= 11 is 1.45. The first kappa shape index (κ1) is 16.1. The van der Waals surface area contributed by atoms with Crippen molar-refractivity contribution in [1.82, 2.24) is 19.7 Å². The summed E-state index contributed by atoms with van der Waals surface area (Å²) in [7, 11) is 0. The number of hydrogen-bond donors (Lipinski definition) is 1. The molecule has 1 aromatic carbocycles. The van der Waals surface area contributed by atoms with Gasteiger partial charge in [0.05, 0.1) is 5.75 Å². The van der Waals surface area contributed by atoms with E-state index < -0.39 is 0 Å². The number of nitrogens with zero attached hydrogens (tertiary/aromatic N) is 3. The van der Waals surface area contributed by atoms with Crippen LogP contribution in [-0.4, -0.2) is 31.3 Å². The summed E-state index contributed by atoms with van der Waals surface area (Å²) < 4.78 is 2.10. The molecule has 5 nitrogen and oxygen atoms in total. The van der Waals surface area contributed by atoms with Gasteiger partial charge in [-0.2, -0.15) is 0 Å². The highest BCUT2D eigenvalue weighted by Crippen LogP contribution is 2.41. The average molecular weight is 352 g/mol. The molecular formula is C19H20N4OS. The molecule has 1 fully saturated rings. The predicted octanol–water partition coefficient (Wildman–Crippen LogP) is 4.06. The minimum Gasteiger partial charge on any atom is -0.362 e. The van der Waals surface area contributed by atoms with Crippen LogP contribution in [0.4, 0.5) is 0 Å². The Bertz CT molecular complexity index is 909. The van der Waals surface area contributed by atoms with Crippen molar-refractivity contribution >= 4 is 17.5 Å². The van der Waals surface area contributed by atoms with E-state index in [1.54, 1.807) is 0 Å². The lowest BCUT2D eigenvalue weighted by Gasteiger charge is -2.09. The van der Waals surface area contributed by atoms with E-state index in [2.05, 4.69) is 31.9 Å². The van der Waals surface area contributed by atoms with Crippen LogP contribution >= 0.6 is 11.8 Å². The largest absolute Gasteiger partial charge is 0.362 e. The number of Topliss-reactive ketones (excluding diaryl/α,β-unsaturated/α-hetero) is 1. The summed E-state index contributed by atoms with van der Waals surface area (Å²) in [5, 5.41) is 9.55. The Morgan fingerprint density at radius 1 is 1.24 bits per heavy atom. The van der Waals surface area contributed by atoms with E-state index in [0.29, 0.717) is 11.7 Å². The van der Waals surface area contributed by atoms with Crippen molar-refractivity contribution in [2.24, 2.45) is 0 Å². The molecule has 0 atom stereocenters. The summed E-state index contributed by atoms with van der Waals surface area (Å²) in [6.45, 7) is 3.90. The van der Waals surface area contributed by atoms with Gasteiger partial charge in [0.15, 0.2) is 10.9 Å². The molecule has 0 radical (unpaired) electrons. The van der Waals surface area contributed by atoms with Crippen molar-refractivity contribution in [3.63, 3.8) is 0 Å². The van der Waals surface area contributed by atoms with Gasteiger partial charge >= 0.3 is 0 Å². The van der Waals surface area contributed by atoms with Crippen LogP contribution in [0.1, 0.15) is 46.3 Å². The Labute approximate surface area is 150 Å². The highest BCUT2D eigenvalue weighted by molar-refractivity contribution is 7.99. The minimum atomic E-state index is 0.113. The standard InChI is InChI=1S/C19H20N4OS/c1-12-10-16(13(2)20-12)17(24)11-25-19-22-21-18(14-8-9-14)23(19)15-6-4-3-5-7-15/h3-7,10,14,20H,8-9,11H2,1-2H3. The fraction of sp³-hybridized carbons (Fsp3) is 0.316. The molecular weight excluding hydrogens is 332 g/mol. The number of aromatic amines is 1. The van der Waals surface area contributed by atoms with Gasteiger partial charge in [-0.05, 0) is 44.9 Å². The molecule has 0 spiro atoms. The van der Waals surface area contributed by atoms with Crippen molar-refractivity contribution in [3.8, 4) is 5.69 Å². The number of carbonyl (C=O) groups is 1. The number of H-pyrrole nitrogens is 1. The Morgan fingerprint density at radius 2 is 2.00 bits per heavy atom. The summed E-state index contributed by atoms with van der Waals surface area (Å²) in [5.74, 6) is 1.97. The molecule has 1 aliphatic rings. The summed E-state index contributed by atoms with van der Waals surface area (Å²) in [4.78, 5) is 15.7. The van der Waals surface area contributed by atoms with E-state index in [-0.39, 0.29) is 5.78 Å². The maximum atomic E-state index is 12.6. The number of hydrogen-bond acceptors (Lipinski definition) is 4. The van der Waals surface area contributed by atoms with Gasteiger partial charge in [0, 0.05) is 28.6 Å². The van der Waals surface area contributed by atoms with Crippen molar-refractivity contribution in [2.75, 3.05) is 5.75 Å². The van der Waals surface area contributed by atoms with E-state index >= 15 is 0 Å². The number of aryl methyl sites for hydroxylation is 2. The zero-order valence-electron chi connectivity index (χ0n) is 14.3. The lowest BCUT2D eigenvalue weighted by molar-refractivity contribution is 0.102. The number of aromatic nitrogens is 4. The molecule has 6 heteroatoms. The van der Waals surface area contributed by atoms with Gasteiger partial charge in [-0.3, -0.25) is 9.36 Å². The molecule has 0 bridgehead atoms. The van der Waals surface area contributed by atoms with Crippen molar-refractivity contribution in [3.05, 3.63) is 59.2 Å². The fourth-order valence-corrected chi connectivity index (χ4v) is 3.86. The van der Waals surface area contributed by atoms with Crippen LogP contribution in [0.25, 0.3) is 5.69 Å². The van der Waals surface area contributed by atoms with Gasteiger partial charge in [-0.15, -0.1) is 10.2 Å². The second-order valence-corrected chi connectivity index (χ2v) is 7.43. The van der Waals surface area contributed by atoms with Crippen molar-refractivity contribution < 1.29 is 4.79 Å². The fourth-order valence-electron chi connectivity index (χ4n) is 3.02. The van der Waals surface area contributed by atoms with Crippen molar-refractivity contribution in [2.45, 2.75) is 37.8 Å². The molecule has 0 aliphatic heterocycles. The van der Waals surface area contributed by atoms with Crippen LogP contribution in [0, 0.1) is 13.8 Å². The summed E-state index contributed by atoms with van der Waals surface area (Å²) in [6, 6.07) is 12.0. The number of thioether (sulfide) groups is 1. The lowest BCUT2D eigenvalue weighted by Crippen LogP contribution is -2.06. The number of para-hydroxylation sites is 1. The first-order valence-corrected chi connectivity index (χ1v) is 9.45. The molecule has 128 valence electrons.